The molecule has 160 valence electrons. The zero-order valence-electron chi connectivity index (χ0n) is 16.5. The smallest absolute Gasteiger partial charge is 0.259 e. The molecule has 1 aliphatic heterocycles. The first-order valence-corrected chi connectivity index (χ1v) is 11.7. The van der Waals surface area contributed by atoms with Crippen molar-refractivity contribution in [2.75, 3.05) is 29.4 Å². The van der Waals surface area contributed by atoms with Gasteiger partial charge in [-0.3, -0.25) is 19.4 Å². The molecular formula is C19H22ClN5O4S. The third kappa shape index (κ3) is 4.15. The fourth-order valence-electron chi connectivity index (χ4n) is 4.35. The lowest BCUT2D eigenvalue weighted by molar-refractivity contribution is -0.149. The monoisotopic (exact) mass is 451 g/mol. The highest BCUT2D eigenvalue weighted by molar-refractivity contribution is 7.92. The van der Waals surface area contributed by atoms with Crippen molar-refractivity contribution in [3.63, 3.8) is 0 Å². The largest absolute Gasteiger partial charge is 0.342 e. The van der Waals surface area contributed by atoms with Gasteiger partial charge in [-0.25, -0.2) is 8.42 Å². The molecule has 4 rings (SSSR count). The van der Waals surface area contributed by atoms with E-state index < -0.39 is 10.0 Å². The van der Waals surface area contributed by atoms with Crippen LogP contribution in [0.4, 0.5) is 11.4 Å². The van der Waals surface area contributed by atoms with E-state index in [1.807, 2.05) is 4.90 Å². The highest BCUT2D eigenvalue weighted by Crippen LogP contribution is 2.56. The number of aromatic nitrogens is 2. The van der Waals surface area contributed by atoms with Crippen LogP contribution in [0.15, 0.2) is 24.4 Å². The molecular weight excluding hydrogens is 430 g/mol. The molecule has 0 atom stereocenters. The molecule has 30 heavy (non-hydrogen) atoms. The van der Waals surface area contributed by atoms with E-state index in [2.05, 4.69) is 20.2 Å². The molecule has 2 heterocycles. The van der Waals surface area contributed by atoms with Gasteiger partial charge in [0.1, 0.15) is 0 Å². The number of amides is 2. The van der Waals surface area contributed by atoms with Gasteiger partial charge in [-0.15, -0.1) is 0 Å². The Balaban J connectivity index is 1.44. The summed E-state index contributed by atoms with van der Waals surface area (Å²) in [5.41, 5.74) is 1.93. The summed E-state index contributed by atoms with van der Waals surface area (Å²) in [6, 6.07) is 4.49. The van der Waals surface area contributed by atoms with Gasteiger partial charge in [0, 0.05) is 48.3 Å². The topological polar surface area (TPSA) is 124 Å². The maximum atomic E-state index is 12.8. The second kappa shape index (κ2) is 7.28. The van der Waals surface area contributed by atoms with E-state index in [4.69, 9.17) is 11.6 Å². The number of nitrogens with one attached hydrogen (secondary N) is 3. The number of nitrogens with zero attached hydrogens (tertiary/aromatic N) is 2. The number of sulfonamides is 1. The molecule has 2 aliphatic rings. The summed E-state index contributed by atoms with van der Waals surface area (Å²) < 4.78 is 25.3. The van der Waals surface area contributed by atoms with Crippen molar-refractivity contribution < 1.29 is 18.0 Å². The molecule has 0 radical (unpaired) electrons. The number of hydrogen-bond donors (Lipinski definition) is 3. The first-order chi connectivity index (χ1) is 14.0. The number of halogens is 1. The lowest BCUT2D eigenvalue weighted by Gasteiger charge is -2.58. The van der Waals surface area contributed by atoms with E-state index in [9.17, 15) is 18.0 Å². The third-order valence-corrected chi connectivity index (χ3v) is 6.44. The summed E-state index contributed by atoms with van der Waals surface area (Å²) in [6.07, 6.45) is 4.37. The second-order valence-corrected chi connectivity index (χ2v) is 10.4. The Labute approximate surface area is 179 Å². The molecule has 0 unspecified atom stereocenters. The maximum Gasteiger partial charge on any atom is 0.259 e. The van der Waals surface area contributed by atoms with Crippen molar-refractivity contribution in [1.82, 2.24) is 15.1 Å². The SMILES string of the molecule is CC(=O)N1CC2(CC(c3n[nH]cc3C(=O)Nc3cc(Cl)cc(NS(C)(=O)=O)c3)C2)C1. The second-order valence-electron chi connectivity index (χ2n) is 8.22. The number of aromatic amines is 1. The summed E-state index contributed by atoms with van der Waals surface area (Å²) in [5, 5.41) is 10.1. The summed E-state index contributed by atoms with van der Waals surface area (Å²) in [7, 11) is -3.47. The molecule has 11 heteroatoms. The van der Waals surface area contributed by atoms with Crippen LogP contribution in [0.5, 0.6) is 0 Å². The van der Waals surface area contributed by atoms with E-state index in [1.165, 1.54) is 18.2 Å². The standard InChI is InChI=1S/C19H22ClN5O4S/c1-11(26)25-9-19(10-25)6-12(7-19)17-16(8-21-23-17)18(27)22-14-3-13(20)4-15(5-14)24-30(2,28)29/h3-5,8,12,24H,6-7,9-10H2,1-2H3,(H,21,23)(H,22,27). The van der Waals surface area contributed by atoms with Gasteiger partial charge < -0.3 is 10.2 Å². The minimum Gasteiger partial charge on any atom is -0.342 e. The van der Waals surface area contributed by atoms with Crippen LogP contribution in [0.2, 0.25) is 5.02 Å². The van der Waals surface area contributed by atoms with Crippen LogP contribution < -0.4 is 10.0 Å². The molecule has 2 fully saturated rings. The first-order valence-electron chi connectivity index (χ1n) is 9.42. The summed E-state index contributed by atoms with van der Waals surface area (Å²) >= 11 is 6.06. The van der Waals surface area contributed by atoms with Gasteiger partial charge in [0.05, 0.1) is 23.2 Å². The van der Waals surface area contributed by atoms with Gasteiger partial charge >= 0.3 is 0 Å². The lowest BCUT2D eigenvalue weighted by atomic mass is 9.56. The number of hydrogen-bond acceptors (Lipinski definition) is 5. The van der Waals surface area contributed by atoms with Crippen molar-refractivity contribution in [2.24, 2.45) is 5.41 Å². The zero-order chi connectivity index (χ0) is 21.7. The van der Waals surface area contributed by atoms with E-state index in [0.717, 1.165) is 32.2 Å². The molecule has 0 bridgehead atoms. The molecule has 1 saturated heterocycles. The minimum atomic E-state index is -3.47. The lowest BCUT2D eigenvalue weighted by Crippen LogP contribution is -2.62. The van der Waals surface area contributed by atoms with Crippen LogP contribution in [-0.4, -0.2) is 54.7 Å². The number of carbonyl (C=O) groups is 2. The Morgan fingerprint density at radius 1 is 1.23 bits per heavy atom. The van der Waals surface area contributed by atoms with Crippen molar-refractivity contribution in [1.29, 1.82) is 0 Å². The minimum absolute atomic E-state index is 0.0927. The molecule has 1 aromatic carbocycles. The Morgan fingerprint density at radius 3 is 2.53 bits per heavy atom. The van der Waals surface area contributed by atoms with Gasteiger partial charge in [0.2, 0.25) is 15.9 Å². The average molecular weight is 452 g/mol. The summed E-state index contributed by atoms with van der Waals surface area (Å²) in [5.74, 6) is -0.102. The maximum absolute atomic E-state index is 12.8. The number of benzene rings is 1. The highest BCUT2D eigenvalue weighted by atomic mass is 35.5. The third-order valence-electron chi connectivity index (χ3n) is 5.62. The number of H-pyrrole nitrogens is 1. The molecule has 1 aromatic heterocycles. The Hall–Kier alpha value is -2.59. The molecule has 2 aromatic rings. The fraction of sp³-hybridized carbons (Fsp3) is 0.421. The molecule has 1 spiro atoms. The van der Waals surface area contributed by atoms with E-state index in [1.54, 1.807) is 13.1 Å². The van der Waals surface area contributed by atoms with Crippen LogP contribution in [-0.2, 0) is 14.8 Å². The first kappa shape index (κ1) is 20.7. The predicted molar refractivity (Wildman–Crippen MR) is 113 cm³/mol. The van der Waals surface area contributed by atoms with Crippen LogP contribution in [0.3, 0.4) is 0 Å². The molecule has 1 aliphatic carbocycles. The number of likely N-dealkylation sites (tertiary alicyclic amines) is 1. The van der Waals surface area contributed by atoms with Crippen LogP contribution >= 0.6 is 11.6 Å². The van der Waals surface area contributed by atoms with Gasteiger partial charge in [0.25, 0.3) is 5.91 Å². The van der Waals surface area contributed by atoms with Gasteiger partial charge in [-0.2, -0.15) is 5.10 Å². The van der Waals surface area contributed by atoms with Crippen LogP contribution in [0.25, 0.3) is 0 Å². The molecule has 2 amide bonds. The summed E-state index contributed by atoms with van der Waals surface area (Å²) in [6.45, 7) is 3.11. The van der Waals surface area contributed by atoms with Crippen LogP contribution in [0.1, 0.15) is 41.7 Å². The Morgan fingerprint density at radius 2 is 1.90 bits per heavy atom. The van der Waals surface area contributed by atoms with E-state index >= 15 is 0 Å². The number of anilines is 2. The van der Waals surface area contributed by atoms with Gasteiger partial charge in [-0.05, 0) is 31.0 Å². The summed E-state index contributed by atoms with van der Waals surface area (Å²) in [4.78, 5) is 26.1. The van der Waals surface area contributed by atoms with Gasteiger partial charge in [0.15, 0.2) is 0 Å². The molecule has 9 nitrogen and oxygen atoms in total. The van der Waals surface area contributed by atoms with Crippen molar-refractivity contribution in [3.8, 4) is 0 Å². The molecule has 3 N–H and O–H groups in total. The Kier molecular flexibility index (Phi) is 5.01. The van der Waals surface area contributed by atoms with Crippen molar-refractivity contribution >= 4 is 44.8 Å². The fourth-order valence-corrected chi connectivity index (χ4v) is 5.13. The van der Waals surface area contributed by atoms with Crippen molar-refractivity contribution in [3.05, 3.63) is 40.7 Å². The van der Waals surface area contributed by atoms with Crippen LogP contribution in [0, 0.1) is 5.41 Å². The number of carbonyl (C=O) groups excluding carboxylic acids is 2. The quantitative estimate of drug-likeness (QED) is 0.643. The van der Waals surface area contributed by atoms with Gasteiger partial charge in [-0.1, -0.05) is 11.6 Å². The highest BCUT2D eigenvalue weighted by Gasteiger charge is 2.54. The van der Waals surface area contributed by atoms with Crippen molar-refractivity contribution in [2.45, 2.75) is 25.7 Å². The van der Waals surface area contributed by atoms with E-state index in [0.29, 0.717) is 16.9 Å². The Bertz CT molecular complexity index is 1120. The zero-order valence-corrected chi connectivity index (χ0v) is 18.1. The normalized spacial score (nSPS) is 17.9. The number of rotatable bonds is 5. The van der Waals surface area contributed by atoms with E-state index in [-0.39, 0.29) is 33.9 Å². The predicted octanol–water partition coefficient (Wildman–Crippen LogP) is 2.41. The average Bonchev–Trinajstić information content (AvgIpc) is 2.98. The molecule has 1 saturated carbocycles.